The monoisotopic (exact) mass is 345 g/mol. The van der Waals surface area contributed by atoms with Gasteiger partial charge in [0.1, 0.15) is 11.3 Å². The van der Waals surface area contributed by atoms with Gasteiger partial charge in [0.25, 0.3) is 5.69 Å². The second kappa shape index (κ2) is 6.25. The maximum Gasteiger partial charge on any atom is 0.416 e. The van der Waals surface area contributed by atoms with Crippen LogP contribution < -0.4 is 4.74 Å². The predicted molar refractivity (Wildman–Crippen MR) is 74.5 cm³/mol. The Kier molecular flexibility index (Phi) is 4.55. The minimum absolute atomic E-state index is 0.331. The molecule has 0 saturated heterocycles. The van der Waals surface area contributed by atoms with E-state index in [1.54, 1.807) is 0 Å². The molecule has 2 rings (SSSR count). The maximum absolute atomic E-state index is 12.5. The molecule has 0 N–H and O–H groups in total. The highest BCUT2D eigenvalue weighted by molar-refractivity contribution is 6.32. The molecule has 5 nitrogen and oxygen atoms in total. The van der Waals surface area contributed by atoms with Crippen LogP contribution in [0.4, 0.5) is 18.9 Å². The van der Waals surface area contributed by atoms with Crippen LogP contribution in [0.5, 0.6) is 5.75 Å². The third-order valence-electron chi connectivity index (χ3n) is 2.78. The van der Waals surface area contributed by atoms with Gasteiger partial charge in [-0.05, 0) is 24.3 Å². The fraction of sp³-hybridized carbons (Fsp3) is 0.0714. The lowest BCUT2D eigenvalue weighted by atomic mass is 10.2. The number of carbonyl (C=O) groups is 1. The molecule has 0 bridgehead atoms. The molecule has 0 heterocycles. The molecule has 120 valence electrons. The van der Waals surface area contributed by atoms with Crippen LogP contribution in [0.3, 0.4) is 0 Å². The lowest BCUT2D eigenvalue weighted by Crippen LogP contribution is -2.12. The molecule has 2 aromatic rings. The van der Waals surface area contributed by atoms with E-state index in [4.69, 9.17) is 16.3 Å². The van der Waals surface area contributed by atoms with Crippen molar-refractivity contribution in [1.29, 1.82) is 0 Å². The van der Waals surface area contributed by atoms with Gasteiger partial charge in [0.2, 0.25) is 0 Å². The number of alkyl halides is 3. The number of para-hydroxylation sites is 1. The number of halogens is 4. The summed E-state index contributed by atoms with van der Waals surface area (Å²) in [6.07, 6.45) is -4.59. The molecule has 9 heteroatoms. The average molecular weight is 346 g/mol. The third-order valence-corrected chi connectivity index (χ3v) is 3.08. The number of nitro groups is 1. The van der Waals surface area contributed by atoms with Gasteiger partial charge in [0.05, 0.1) is 15.5 Å². The van der Waals surface area contributed by atoms with E-state index in [2.05, 4.69) is 0 Å². The number of nitro benzene ring substituents is 1. The van der Waals surface area contributed by atoms with Gasteiger partial charge in [-0.2, -0.15) is 13.2 Å². The summed E-state index contributed by atoms with van der Waals surface area (Å²) in [4.78, 5) is 22.0. The van der Waals surface area contributed by atoms with E-state index in [0.29, 0.717) is 12.1 Å². The van der Waals surface area contributed by atoms with Crippen LogP contribution in [0.15, 0.2) is 42.5 Å². The largest absolute Gasteiger partial charge is 0.421 e. The maximum atomic E-state index is 12.5. The van der Waals surface area contributed by atoms with Crippen LogP contribution in [0.25, 0.3) is 0 Å². The van der Waals surface area contributed by atoms with Crippen molar-refractivity contribution in [2.75, 3.05) is 0 Å². The minimum atomic E-state index is -4.59. The van der Waals surface area contributed by atoms with E-state index in [1.807, 2.05) is 0 Å². The molecule has 0 aliphatic carbocycles. The van der Waals surface area contributed by atoms with E-state index < -0.39 is 33.3 Å². The van der Waals surface area contributed by atoms with Gasteiger partial charge in [0.15, 0.2) is 0 Å². The number of benzene rings is 2. The van der Waals surface area contributed by atoms with Crippen molar-refractivity contribution in [3.8, 4) is 5.75 Å². The first-order chi connectivity index (χ1) is 10.7. The minimum Gasteiger partial charge on any atom is -0.421 e. The van der Waals surface area contributed by atoms with Crippen molar-refractivity contribution in [3.63, 3.8) is 0 Å². The number of carbonyl (C=O) groups excluding carboxylic acids is 1. The zero-order valence-electron chi connectivity index (χ0n) is 11.1. The van der Waals surface area contributed by atoms with Crippen molar-refractivity contribution in [3.05, 3.63) is 68.7 Å². The zero-order chi connectivity index (χ0) is 17.2. The first-order valence-corrected chi connectivity index (χ1v) is 6.40. The summed E-state index contributed by atoms with van der Waals surface area (Å²) in [6, 6.07) is 7.18. The standard InChI is InChI=1S/C14H7ClF3NO4/c15-10-7-8(14(16,17)18)5-6-12(10)23-13(20)9-3-1-2-4-11(9)19(21)22/h1-7H. The second-order valence-corrected chi connectivity index (χ2v) is 4.71. The van der Waals surface area contributed by atoms with Crippen LogP contribution >= 0.6 is 11.6 Å². The van der Waals surface area contributed by atoms with Crippen LogP contribution in [0.1, 0.15) is 15.9 Å². The summed E-state index contributed by atoms with van der Waals surface area (Å²) in [5.74, 6) is -1.43. The van der Waals surface area contributed by atoms with Gasteiger partial charge in [0, 0.05) is 6.07 Å². The molecule has 0 spiro atoms. The van der Waals surface area contributed by atoms with Gasteiger partial charge in [-0.1, -0.05) is 23.7 Å². The summed E-state index contributed by atoms with van der Waals surface area (Å²) in [5, 5.41) is 10.4. The van der Waals surface area contributed by atoms with Gasteiger partial charge in [-0.3, -0.25) is 10.1 Å². The molecule has 0 radical (unpaired) electrons. The molecule has 0 amide bonds. The molecule has 23 heavy (non-hydrogen) atoms. The van der Waals surface area contributed by atoms with Crippen LogP contribution in [0.2, 0.25) is 5.02 Å². The van der Waals surface area contributed by atoms with Gasteiger partial charge in [-0.15, -0.1) is 0 Å². The molecule has 0 aromatic heterocycles. The molecule has 0 aliphatic rings. The number of nitrogens with zero attached hydrogens (tertiary/aromatic N) is 1. The molecule has 0 aliphatic heterocycles. The van der Waals surface area contributed by atoms with E-state index in [1.165, 1.54) is 18.2 Å². The molecular weight excluding hydrogens is 339 g/mol. The second-order valence-electron chi connectivity index (χ2n) is 4.31. The van der Waals surface area contributed by atoms with Crippen molar-refractivity contribution in [2.45, 2.75) is 6.18 Å². The summed E-state index contributed by atoms with van der Waals surface area (Å²) in [6.45, 7) is 0. The Morgan fingerprint density at radius 1 is 1.17 bits per heavy atom. The van der Waals surface area contributed by atoms with Gasteiger partial charge in [-0.25, -0.2) is 4.79 Å². The number of hydrogen-bond acceptors (Lipinski definition) is 4. The summed E-state index contributed by atoms with van der Waals surface area (Å²) < 4.78 is 42.4. The Morgan fingerprint density at radius 2 is 1.83 bits per heavy atom. The molecule has 0 atom stereocenters. The summed E-state index contributed by atoms with van der Waals surface area (Å²) in [7, 11) is 0. The van der Waals surface area contributed by atoms with E-state index in [9.17, 15) is 28.1 Å². The summed E-state index contributed by atoms with van der Waals surface area (Å²) in [5.41, 5.74) is -1.83. The number of rotatable bonds is 3. The first kappa shape index (κ1) is 16.8. The molecule has 0 unspecified atom stereocenters. The van der Waals surface area contributed by atoms with Crippen molar-refractivity contribution in [1.82, 2.24) is 0 Å². The fourth-order valence-corrected chi connectivity index (χ4v) is 1.94. The van der Waals surface area contributed by atoms with E-state index >= 15 is 0 Å². The van der Waals surface area contributed by atoms with Crippen molar-refractivity contribution in [2.24, 2.45) is 0 Å². The molecular formula is C14H7ClF3NO4. The predicted octanol–water partition coefficient (Wildman–Crippen LogP) is 4.49. The van der Waals surface area contributed by atoms with Crippen molar-refractivity contribution >= 4 is 23.3 Å². The molecule has 2 aromatic carbocycles. The Morgan fingerprint density at radius 3 is 2.39 bits per heavy atom. The van der Waals surface area contributed by atoms with Crippen LogP contribution in [-0.2, 0) is 6.18 Å². The molecule has 0 saturated carbocycles. The average Bonchev–Trinajstić information content (AvgIpc) is 2.48. The zero-order valence-corrected chi connectivity index (χ0v) is 11.9. The Labute approximate surface area is 132 Å². The molecule has 0 fully saturated rings. The first-order valence-electron chi connectivity index (χ1n) is 6.02. The third kappa shape index (κ3) is 3.78. The Balaban J connectivity index is 2.30. The van der Waals surface area contributed by atoms with Crippen LogP contribution in [0, 0.1) is 10.1 Å². The van der Waals surface area contributed by atoms with Crippen molar-refractivity contribution < 1.29 is 27.6 Å². The quantitative estimate of drug-likeness (QED) is 0.356. The van der Waals surface area contributed by atoms with Gasteiger partial charge < -0.3 is 4.74 Å². The van der Waals surface area contributed by atoms with Crippen LogP contribution in [-0.4, -0.2) is 10.9 Å². The normalized spacial score (nSPS) is 11.1. The highest BCUT2D eigenvalue weighted by Crippen LogP contribution is 2.35. The number of esters is 1. The highest BCUT2D eigenvalue weighted by Gasteiger charge is 2.31. The van der Waals surface area contributed by atoms with E-state index in [-0.39, 0.29) is 11.3 Å². The number of ether oxygens (including phenoxy) is 1. The Bertz CT molecular complexity index is 777. The SMILES string of the molecule is O=C(Oc1ccc(C(F)(F)F)cc1Cl)c1ccccc1[N+](=O)[O-]. The lowest BCUT2D eigenvalue weighted by molar-refractivity contribution is -0.385. The highest BCUT2D eigenvalue weighted by atomic mass is 35.5. The van der Waals surface area contributed by atoms with Gasteiger partial charge >= 0.3 is 12.1 Å². The van der Waals surface area contributed by atoms with E-state index in [0.717, 1.165) is 12.1 Å². The summed E-state index contributed by atoms with van der Waals surface area (Å²) >= 11 is 5.66. The lowest BCUT2D eigenvalue weighted by Gasteiger charge is -2.10. The Hall–Kier alpha value is -2.61. The smallest absolute Gasteiger partial charge is 0.416 e. The number of hydrogen-bond donors (Lipinski definition) is 0. The topological polar surface area (TPSA) is 69.4 Å². The fourth-order valence-electron chi connectivity index (χ4n) is 1.72.